The first-order chi connectivity index (χ1) is 15.1. The molecule has 4 aromatic rings. The molecule has 0 amide bonds. The standard InChI is InChI=1S/C25H22BrNO4/c1-30-21-13-4-2-8-16(21)17-9-6-10-18-19(24(25(28)29)27-23(17)18)11-7-15-31-22-14-5-3-12-20(22)26/h2-6,8-10,12-14,27H,7,11,15H2,1H3,(H,28,29). The third kappa shape index (κ3) is 4.30. The van der Waals surface area contributed by atoms with E-state index in [9.17, 15) is 9.90 Å². The summed E-state index contributed by atoms with van der Waals surface area (Å²) in [6.45, 7) is 0.487. The molecule has 158 valence electrons. The van der Waals surface area contributed by atoms with Gasteiger partial charge in [-0.1, -0.05) is 48.5 Å². The molecule has 0 bridgehead atoms. The van der Waals surface area contributed by atoms with Crippen molar-refractivity contribution in [3.63, 3.8) is 0 Å². The van der Waals surface area contributed by atoms with Crippen LogP contribution in [0.5, 0.6) is 11.5 Å². The number of hydrogen-bond donors (Lipinski definition) is 2. The first-order valence-electron chi connectivity index (χ1n) is 9.97. The summed E-state index contributed by atoms with van der Waals surface area (Å²) in [6.07, 6.45) is 1.27. The number of rotatable bonds is 8. The van der Waals surface area contributed by atoms with Crippen LogP contribution in [-0.2, 0) is 6.42 Å². The lowest BCUT2D eigenvalue weighted by molar-refractivity contribution is 0.0690. The second-order valence-electron chi connectivity index (χ2n) is 7.09. The summed E-state index contributed by atoms with van der Waals surface area (Å²) in [6, 6.07) is 21.3. The third-order valence-corrected chi connectivity index (χ3v) is 5.87. The number of benzene rings is 3. The van der Waals surface area contributed by atoms with Gasteiger partial charge in [-0.05, 0) is 52.5 Å². The summed E-state index contributed by atoms with van der Waals surface area (Å²) in [5.74, 6) is 0.548. The van der Waals surface area contributed by atoms with Crippen molar-refractivity contribution >= 4 is 32.8 Å². The van der Waals surface area contributed by atoms with Crippen molar-refractivity contribution in [2.24, 2.45) is 0 Å². The molecule has 6 heteroatoms. The minimum absolute atomic E-state index is 0.221. The molecular weight excluding hydrogens is 458 g/mol. The maximum absolute atomic E-state index is 12.0. The Hall–Kier alpha value is -3.25. The molecule has 0 unspecified atom stereocenters. The Balaban J connectivity index is 1.65. The van der Waals surface area contributed by atoms with Gasteiger partial charge in [-0.3, -0.25) is 0 Å². The molecule has 0 saturated carbocycles. The Labute approximate surface area is 188 Å². The zero-order valence-electron chi connectivity index (χ0n) is 17.0. The van der Waals surface area contributed by atoms with E-state index in [4.69, 9.17) is 9.47 Å². The molecule has 5 nitrogen and oxygen atoms in total. The number of carboxylic acid groups (broad SMARTS) is 1. The average Bonchev–Trinajstić information content (AvgIpc) is 3.17. The Morgan fingerprint density at radius 3 is 2.42 bits per heavy atom. The van der Waals surface area contributed by atoms with E-state index in [0.717, 1.165) is 43.6 Å². The number of H-pyrrole nitrogens is 1. The predicted octanol–water partition coefficient (Wildman–Crippen LogP) is 6.32. The molecule has 0 aliphatic carbocycles. The number of aromatic amines is 1. The van der Waals surface area contributed by atoms with E-state index in [0.29, 0.717) is 19.4 Å². The van der Waals surface area contributed by atoms with Gasteiger partial charge in [-0.25, -0.2) is 4.79 Å². The minimum atomic E-state index is -0.969. The van der Waals surface area contributed by atoms with Crippen LogP contribution in [0.25, 0.3) is 22.0 Å². The largest absolute Gasteiger partial charge is 0.496 e. The molecule has 2 N–H and O–H groups in total. The second-order valence-corrected chi connectivity index (χ2v) is 7.95. The predicted molar refractivity (Wildman–Crippen MR) is 125 cm³/mol. The number of ether oxygens (including phenoxy) is 2. The number of carboxylic acids is 1. The number of carbonyl (C=O) groups is 1. The topological polar surface area (TPSA) is 71.6 Å². The van der Waals surface area contributed by atoms with Crippen molar-refractivity contribution in [1.29, 1.82) is 0 Å². The average molecular weight is 480 g/mol. The first-order valence-corrected chi connectivity index (χ1v) is 10.8. The highest BCUT2D eigenvalue weighted by Crippen LogP contribution is 2.36. The normalized spacial score (nSPS) is 10.9. The number of fused-ring (bicyclic) bond motifs is 1. The fraction of sp³-hybridized carbons (Fsp3) is 0.160. The van der Waals surface area contributed by atoms with E-state index >= 15 is 0 Å². The van der Waals surface area contributed by atoms with Crippen LogP contribution in [-0.4, -0.2) is 29.8 Å². The van der Waals surface area contributed by atoms with Crippen molar-refractivity contribution in [3.05, 3.63) is 82.5 Å². The molecule has 3 aromatic carbocycles. The lowest BCUT2D eigenvalue weighted by atomic mass is 9.99. The minimum Gasteiger partial charge on any atom is -0.496 e. The van der Waals surface area contributed by atoms with Gasteiger partial charge in [0, 0.05) is 16.5 Å². The smallest absolute Gasteiger partial charge is 0.352 e. The van der Waals surface area contributed by atoms with E-state index in [1.165, 1.54) is 0 Å². The lowest BCUT2D eigenvalue weighted by Crippen LogP contribution is -2.04. The van der Waals surface area contributed by atoms with Crippen LogP contribution in [0.3, 0.4) is 0 Å². The molecule has 0 saturated heterocycles. The lowest BCUT2D eigenvalue weighted by Gasteiger charge is -2.10. The maximum atomic E-state index is 12.0. The SMILES string of the molecule is COc1ccccc1-c1cccc2c(CCCOc3ccccc3Br)c(C(=O)O)[nH]c12. The zero-order valence-corrected chi connectivity index (χ0v) is 18.6. The van der Waals surface area contributed by atoms with E-state index in [1.54, 1.807) is 7.11 Å². The molecule has 1 aromatic heterocycles. The fourth-order valence-corrected chi connectivity index (χ4v) is 4.20. The zero-order chi connectivity index (χ0) is 21.8. The highest BCUT2D eigenvalue weighted by molar-refractivity contribution is 9.10. The molecule has 1 heterocycles. The van der Waals surface area contributed by atoms with Gasteiger partial charge in [0.15, 0.2) is 0 Å². The molecule has 0 aliphatic rings. The highest BCUT2D eigenvalue weighted by atomic mass is 79.9. The summed E-state index contributed by atoms with van der Waals surface area (Å²) in [7, 11) is 1.63. The Kier molecular flexibility index (Phi) is 6.28. The number of aromatic carboxylic acids is 1. The maximum Gasteiger partial charge on any atom is 0.352 e. The molecule has 4 rings (SSSR count). The van der Waals surface area contributed by atoms with E-state index in [2.05, 4.69) is 20.9 Å². The van der Waals surface area contributed by atoms with Crippen LogP contribution >= 0.6 is 15.9 Å². The molecule has 0 atom stereocenters. The molecule has 0 radical (unpaired) electrons. The van der Waals surface area contributed by atoms with Crippen LogP contribution in [0.4, 0.5) is 0 Å². The van der Waals surface area contributed by atoms with E-state index in [1.807, 2.05) is 66.7 Å². The van der Waals surface area contributed by atoms with Crippen LogP contribution in [0, 0.1) is 0 Å². The second kappa shape index (κ2) is 9.27. The van der Waals surface area contributed by atoms with Gasteiger partial charge in [-0.15, -0.1) is 0 Å². The Morgan fingerprint density at radius 1 is 0.968 bits per heavy atom. The number of hydrogen-bond acceptors (Lipinski definition) is 3. The number of aryl methyl sites for hydroxylation is 1. The van der Waals surface area contributed by atoms with Crippen LogP contribution in [0.1, 0.15) is 22.5 Å². The quantitative estimate of drug-likeness (QED) is 0.290. The number of halogens is 1. The van der Waals surface area contributed by atoms with Crippen LogP contribution in [0.2, 0.25) is 0 Å². The first kappa shape index (κ1) is 21.0. The Bertz CT molecular complexity index is 1230. The highest BCUT2D eigenvalue weighted by Gasteiger charge is 2.20. The number of nitrogens with one attached hydrogen (secondary N) is 1. The molecule has 0 fully saturated rings. The van der Waals surface area contributed by atoms with Crippen molar-refractivity contribution in [1.82, 2.24) is 4.98 Å². The summed E-state index contributed by atoms with van der Waals surface area (Å²) >= 11 is 3.47. The molecule has 0 spiro atoms. The Morgan fingerprint density at radius 2 is 1.68 bits per heavy atom. The van der Waals surface area contributed by atoms with Gasteiger partial charge in [0.05, 0.1) is 23.7 Å². The summed E-state index contributed by atoms with van der Waals surface area (Å²) < 4.78 is 12.3. The van der Waals surface area contributed by atoms with E-state index < -0.39 is 5.97 Å². The van der Waals surface area contributed by atoms with Gasteiger partial charge in [0.2, 0.25) is 0 Å². The molecular formula is C25H22BrNO4. The van der Waals surface area contributed by atoms with Gasteiger partial charge in [0.1, 0.15) is 17.2 Å². The van der Waals surface area contributed by atoms with Crippen molar-refractivity contribution in [2.75, 3.05) is 13.7 Å². The molecule has 0 aliphatic heterocycles. The number of aromatic nitrogens is 1. The van der Waals surface area contributed by atoms with Gasteiger partial charge >= 0.3 is 5.97 Å². The molecule has 31 heavy (non-hydrogen) atoms. The van der Waals surface area contributed by atoms with Crippen molar-refractivity contribution in [3.8, 4) is 22.6 Å². The summed E-state index contributed by atoms with van der Waals surface area (Å²) in [5, 5.41) is 10.7. The van der Waals surface area contributed by atoms with Crippen LogP contribution in [0.15, 0.2) is 71.2 Å². The van der Waals surface area contributed by atoms with Crippen molar-refractivity contribution in [2.45, 2.75) is 12.8 Å². The van der Waals surface area contributed by atoms with Crippen LogP contribution < -0.4 is 9.47 Å². The monoisotopic (exact) mass is 479 g/mol. The van der Waals surface area contributed by atoms with Gasteiger partial charge < -0.3 is 19.6 Å². The van der Waals surface area contributed by atoms with Gasteiger partial charge in [0.25, 0.3) is 0 Å². The van der Waals surface area contributed by atoms with E-state index in [-0.39, 0.29) is 5.69 Å². The van der Waals surface area contributed by atoms with Gasteiger partial charge in [-0.2, -0.15) is 0 Å². The summed E-state index contributed by atoms with van der Waals surface area (Å²) in [5.41, 5.74) is 3.63. The number of para-hydroxylation sites is 3. The van der Waals surface area contributed by atoms with Crippen molar-refractivity contribution < 1.29 is 19.4 Å². The summed E-state index contributed by atoms with van der Waals surface area (Å²) in [4.78, 5) is 15.1. The third-order valence-electron chi connectivity index (χ3n) is 5.22. The fourth-order valence-electron chi connectivity index (χ4n) is 3.80. The number of methoxy groups -OCH3 is 1.